The lowest BCUT2D eigenvalue weighted by atomic mass is 9.89. The summed E-state index contributed by atoms with van der Waals surface area (Å²) in [5, 5.41) is 9.99. The van der Waals surface area contributed by atoms with Crippen LogP contribution in [0, 0.1) is 5.92 Å². The molecule has 0 radical (unpaired) electrons. The molecular weight excluding hydrogens is 166 g/mol. The molecule has 13 heavy (non-hydrogen) atoms. The molecule has 0 spiro atoms. The summed E-state index contributed by atoms with van der Waals surface area (Å²) in [6.45, 7) is 3.07. The summed E-state index contributed by atoms with van der Waals surface area (Å²) in [5.41, 5.74) is 5.50. The lowest BCUT2D eigenvalue weighted by Gasteiger charge is -2.34. The summed E-state index contributed by atoms with van der Waals surface area (Å²) in [4.78, 5) is 0. The van der Waals surface area contributed by atoms with Crippen molar-refractivity contribution in [1.29, 1.82) is 0 Å². The van der Waals surface area contributed by atoms with E-state index >= 15 is 0 Å². The van der Waals surface area contributed by atoms with Crippen molar-refractivity contribution in [3.63, 3.8) is 0 Å². The highest BCUT2D eigenvalue weighted by Gasteiger charge is 2.32. The molecule has 1 heterocycles. The molecule has 0 aromatic rings. The zero-order valence-corrected chi connectivity index (χ0v) is 8.46. The quantitative estimate of drug-likeness (QED) is 0.684. The van der Waals surface area contributed by atoms with E-state index in [1.165, 1.54) is 12.8 Å². The fourth-order valence-electron chi connectivity index (χ4n) is 1.95. The van der Waals surface area contributed by atoms with Crippen LogP contribution < -0.4 is 5.73 Å². The zero-order chi connectivity index (χ0) is 9.73. The van der Waals surface area contributed by atoms with Gasteiger partial charge < -0.3 is 15.6 Å². The number of hydrogen-bond acceptors (Lipinski definition) is 3. The van der Waals surface area contributed by atoms with E-state index in [1.807, 2.05) is 0 Å². The Kier molecular flexibility index (Phi) is 4.16. The van der Waals surface area contributed by atoms with Gasteiger partial charge in [-0.05, 0) is 32.7 Å². The number of nitrogens with two attached hydrogens (primary N) is 1. The molecule has 1 aliphatic rings. The van der Waals surface area contributed by atoms with Crippen molar-refractivity contribution >= 4 is 0 Å². The first-order valence-corrected chi connectivity index (χ1v) is 5.23. The third-order valence-electron chi connectivity index (χ3n) is 2.86. The van der Waals surface area contributed by atoms with Crippen LogP contribution in [0.3, 0.4) is 0 Å². The van der Waals surface area contributed by atoms with Crippen molar-refractivity contribution < 1.29 is 9.84 Å². The Morgan fingerprint density at radius 3 is 2.92 bits per heavy atom. The first kappa shape index (κ1) is 11.0. The molecule has 1 fully saturated rings. The van der Waals surface area contributed by atoms with Crippen LogP contribution in [0.2, 0.25) is 0 Å². The van der Waals surface area contributed by atoms with E-state index in [4.69, 9.17) is 10.5 Å². The van der Waals surface area contributed by atoms with Gasteiger partial charge >= 0.3 is 0 Å². The van der Waals surface area contributed by atoms with Gasteiger partial charge in [0.05, 0.1) is 6.61 Å². The molecule has 3 heteroatoms. The van der Waals surface area contributed by atoms with Crippen LogP contribution in [0.4, 0.5) is 0 Å². The molecule has 0 aromatic carbocycles. The van der Waals surface area contributed by atoms with E-state index in [0.29, 0.717) is 13.2 Å². The van der Waals surface area contributed by atoms with Crippen LogP contribution >= 0.6 is 0 Å². The first-order chi connectivity index (χ1) is 6.17. The maximum atomic E-state index is 9.99. The van der Waals surface area contributed by atoms with E-state index in [-0.39, 0.29) is 5.92 Å². The van der Waals surface area contributed by atoms with Crippen LogP contribution in [0.15, 0.2) is 0 Å². The van der Waals surface area contributed by atoms with Gasteiger partial charge in [-0.15, -0.1) is 0 Å². The van der Waals surface area contributed by atoms with E-state index in [1.54, 1.807) is 6.92 Å². The Hall–Kier alpha value is -0.120. The lowest BCUT2D eigenvalue weighted by Crippen LogP contribution is -2.40. The Morgan fingerprint density at radius 2 is 2.23 bits per heavy atom. The highest BCUT2D eigenvalue weighted by molar-refractivity contribution is 4.75. The third-order valence-corrected chi connectivity index (χ3v) is 2.86. The molecular formula is C10H21NO2. The fraction of sp³-hybridized carbons (Fsp3) is 1.00. The summed E-state index contributed by atoms with van der Waals surface area (Å²) in [6.07, 6.45) is 5.34. The molecule has 0 amide bonds. The van der Waals surface area contributed by atoms with Crippen molar-refractivity contribution in [2.45, 2.75) is 44.8 Å². The van der Waals surface area contributed by atoms with Crippen LogP contribution in [0.25, 0.3) is 0 Å². The second-order valence-electron chi connectivity index (χ2n) is 4.03. The maximum absolute atomic E-state index is 9.99. The average Bonchev–Trinajstić information content (AvgIpc) is 2.06. The Morgan fingerprint density at radius 1 is 1.46 bits per heavy atom. The molecule has 0 bridgehead atoms. The molecule has 2 atom stereocenters. The standard InChI is InChI=1S/C10H21NO2/c1-10(12)9(6-7-11)5-3-2-4-8-13-10/h9,12H,2-8,11H2,1H3. The van der Waals surface area contributed by atoms with Crippen LogP contribution in [-0.4, -0.2) is 24.0 Å². The van der Waals surface area contributed by atoms with Crippen LogP contribution in [0.5, 0.6) is 0 Å². The predicted octanol–water partition coefficient (Wildman–Crippen LogP) is 1.25. The molecule has 1 rings (SSSR count). The molecule has 1 saturated heterocycles. The second kappa shape index (κ2) is 4.94. The molecule has 0 aliphatic carbocycles. The summed E-state index contributed by atoms with van der Waals surface area (Å²) >= 11 is 0. The zero-order valence-electron chi connectivity index (χ0n) is 8.46. The van der Waals surface area contributed by atoms with Gasteiger partial charge in [0.15, 0.2) is 5.79 Å². The van der Waals surface area contributed by atoms with Gasteiger partial charge in [0.1, 0.15) is 0 Å². The minimum Gasteiger partial charge on any atom is -0.365 e. The lowest BCUT2D eigenvalue weighted by molar-refractivity contribution is -0.230. The van der Waals surface area contributed by atoms with Gasteiger partial charge in [0, 0.05) is 5.92 Å². The number of aliphatic hydroxyl groups is 1. The number of hydrogen-bond donors (Lipinski definition) is 2. The maximum Gasteiger partial charge on any atom is 0.165 e. The average molecular weight is 187 g/mol. The SMILES string of the molecule is CC1(O)OCCCCCC1CCN. The van der Waals surface area contributed by atoms with Crippen molar-refractivity contribution in [1.82, 2.24) is 0 Å². The van der Waals surface area contributed by atoms with Gasteiger partial charge in [0.25, 0.3) is 0 Å². The van der Waals surface area contributed by atoms with E-state index in [0.717, 1.165) is 19.3 Å². The number of rotatable bonds is 2. The summed E-state index contributed by atoms with van der Waals surface area (Å²) in [5.74, 6) is -0.752. The highest BCUT2D eigenvalue weighted by atomic mass is 16.6. The normalized spacial score (nSPS) is 36.7. The highest BCUT2D eigenvalue weighted by Crippen LogP contribution is 2.29. The monoisotopic (exact) mass is 187 g/mol. The Bertz CT molecular complexity index is 148. The van der Waals surface area contributed by atoms with Gasteiger partial charge in [-0.3, -0.25) is 0 Å². The van der Waals surface area contributed by atoms with Crippen molar-refractivity contribution in [2.24, 2.45) is 11.7 Å². The molecule has 3 nitrogen and oxygen atoms in total. The van der Waals surface area contributed by atoms with Gasteiger partial charge in [-0.1, -0.05) is 12.8 Å². The van der Waals surface area contributed by atoms with E-state index in [9.17, 15) is 5.11 Å². The summed E-state index contributed by atoms with van der Waals surface area (Å²) < 4.78 is 5.44. The largest absolute Gasteiger partial charge is 0.365 e. The van der Waals surface area contributed by atoms with Gasteiger partial charge in [-0.25, -0.2) is 0 Å². The topological polar surface area (TPSA) is 55.5 Å². The predicted molar refractivity (Wildman–Crippen MR) is 52.2 cm³/mol. The second-order valence-corrected chi connectivity index (χ2v) is 4.03. The van der Waals surface area contributed by atoms with Crippen molar-refractivity contribution in [3.8, 4) is 0 Å². The van der Waals surface area contributed by atoms with Crippen LogP contribution in [0.1, 0.15) is 39.0 Å². The Balaban J connectivity index is 2.51. The molecule has 78 valence electrons. The van der Waals surface area contributed by atoms with Gasteiger partial charge in [-0.2, -0.15) is 0 Å². The smallest absolute Gasteiger partial charge is 0.165 e. The Labute approximate surface area is 80.3 Å². The third kappa shape index (κ3) is 3.25. The van der Waals surface area contributed by atoms with Crippen molar-refractivity contribution in [2.75, 3.05) is 13.2 Å². The first-order valence-electron chi connectivity index (χ1n) is 5.23. The molecule has 1 aliphatic heterocycles. The molecule has 0 aromatic heterocycles. The summed E-state index contributed by atoms with van der Waals surface area (Å²) in [7, 11) is 0. The summed E-state index contributed by atoms with van der Waals surface area (Å²) in [6, 6.07) is 0. The van der Waals surface area contributed by atoms with Gasteiger partial charge in [0.2, 0.25) is 0 Å². The minimum absolute atomic E-state index is 0.206. The van der Waals surface area contributed by atoms with Crippen molar-refractivity contribution in [3.05, 3.63) is 0 Å². The molecule has 3 N–H and O–H groups in total. The molecule has 2 unspecified atom stereocenters. The minimum atomic E-state index is -0.959. The van der Waals surface area contributed by atoms with Crippen LogP contribution in [-0.2, 0) is 4.74 Å². The molecule has 0 saturated carbocycles. The van der Waals surface area contributed by atoms with E-state index < -0.39 is 5.79 Å². The number of ether oxygens (including phenoxy) is 1. The fourth-order valence-corrected chi connectivity index (χ4v) is 1.95. The van der Waals surface area contributed by atoms with E-state index in [2.05, 4.69) is 0 Å².